The second-order valence-electron chi connectivity index (χ2n) is 5.00. The first kappa shape index (κ1) is 12.4. The van der Waals surface area contributed by atoms with E-state index in [1.807, 2.05) is 13.8 Å². The van der Waals surface area contributed by atoms with Crippen molar-refractivity contribution in [3.8, 4) is 0 Å². The smallest absolute Gasteiger partial charge is 0.310 e. The van der Waals surface area contributed by atoms with Gasteiger partial charge in [0.15, 0.2) is 0 Å². The average Bonchev–Trinajstić information content (AvgIpc) is 2.87. The maximum absolute atomic E-state index is 12.1. The van der Waals surface area contributed by atoms with Gasteiger partial charge in [0.2, 0.25) is 5.91 Å². The molecular weight excluding hydrogens is 222 g/mol. The number of carbonyl (C=O) groups is 2. The minimum atomic E-state index is -0.915. The summed E-state index contributed by atoms with van der Waals surface area (Å²) in [6.07, 6.45) is 1.92. The van der Waals surface area contributed by atoms with Crippen LogP contribution in [0.2, 0.25) is 0 Å². The van der Waals surface area contributed by atoms with E-state index in [4.69, 9.17) is 4.74 Å². The van der Waals surface area contributed by atoms with Gasteiger partial charge < -0.3 is 15.2 Å². The van der Waals surface area contributed by atoms with Gasteiger partial charge in [-0.05, 0) is 26.2 Å². The molecule has 0 spiro atoms. The summed E-state index contributed by atoms with van der Waals surface area (Å²) in [5.74, 6) is -2.27. The second-order valence-corrected chi connectivity index (χ2v) is 5.00. The molecule has 17 heavy (non-hydrogen) atoms. The highest BCUT2D eigenvalue weighted by Gasteiger charge is 2.55. The third kappa shape index (κ3) is 2.16. The largest absolute Gasteiger partial charge is 0.481 e. The number of carbonyl (C=O) groups excluding carboxylic acids is 1. The maximum atomic E-state index is 12.1. The first-order chi connectivity index (χ1) is 8.04. The van der Waals surface area contributed by atoms with Gasteiger partial charge >= 0.3 is 5.97 Å². The van der Waals surface area contributed by atoms with E-state index in [2.05, 4.69) is 5.32 Å². The van der Waals surface area contributed by atoms with E-state index in [-0.39, 0.29) is 24.2 Å². The summed E-state index contributed by atoms with van der Waals surface area (Å²) in [4.78, 5) is 23.3. The number of ether oxygens (including phenoxy) is 1. The average molecular weight is 241 g/mol. The molecule has 2 heterocycles. The summed E-state index contributed by atoms with van der Waals surface area (Å²) in [6, 6.07) is 0.0797. The van der Waals surface area contributed by atoms with Crippen molar-refractivity contribution in [1.82, 2.24) is 5.32 Å². The van der Waals surface area contributed by atoms with Crippen molar-refractivity contribution in [3.63, 3.8) is 0 Å². The molecule has 2 N–H and O–H groups in total. The standard InChI is InChI=1S/C12H19NO4/c1-3-6(2)13-11(14)9-7-4-5-8(17-7)10(9)12(15)16/h6-10H,3-5H2,1-2H3,(H,13,14)(H,15,16)/t6-,7-,8+,9+,10-/m0/s1. The zero-order chi connectivity index (χ0) is 12.6. The molecule has 0 aromatic rings. The highest BCUT2D eigenvalue weighted by molar-refractivity contribution is 5.86. The molecule has 0 saturated carbocycles. The van der Waals surface area contributed by atoms with Crippen molar-refractivity contribution in [3.05, 3.63) is 0 Å². The quantitative estimate of drug-likeness (QED) is 0.762. The van der Waals surface area contributed by atoms with Crippen molar-refractivity contribution < 1.29 is 19.4 Å². The Hall–Kier alpha value is -1.10. The molecule has 1 amide bonds. The molecule has 2 saturated heterocycles. The highest BCUT2D eigenvalue weighted by atomic mass is 16.5. The van der Waals surface area contributed by atoms with Crippen LogP contribution in [-0.2, 0) is 14.3 Å². The van der Waals surface area contributed by atoms with Crippen LogP contribution in [0, 0.1) is 11.8 Å². The third-order valence-corrected chi connectivity index (χ3v) is 3.86. The second kappa shape index (κ2) is 4.64. The Morgan fingerprint density at radius 3 is 2.47 bits per heavy atom. The van der Waals surface area contributed by atoms with Gasteiger partial charge in [0.1, 0.15) is 0 Å². The van der Waals surface area contributed by atoms with Crippen molar-refractivity contribution in [1.29, 1.82) is 0 Å². The molecule has 2 bridgehead atoms. The summed E-state index contributed by atoms with van der Waals surface area (Å²) in [5.41, 5.74) is 0. The first-order valence-electron chi connectivity index (χ1n) is 6.23. The fraction of sp³-hybridized carbons (Fsp3) is 0.833. The number of amides is 1. The first-order valence-corrected chi connectivity index (χ1v) is 6.23. The number of nitrogens with one attached hydrogen (secondary N) is 1. The molecule has 2 aliphatic rings. The SMILES string of the molecule is CC[C@H](C)NC(=O)[C@H]1[C@@H](C(=O)O)[C@H]2CC[C@@H]1O2. The van der Waals surface area contributed by atoms with E-state index in [0.29, 0.717) is 0 Å². The Kier molecular flexibility index (Phi) is 3.38. The van der Waals surface area contributed by atoms with Crippen LogP contribution in [0.15, 0.2) is 0 Å². The van der Waals surface area contributed by atoms with E-state index in [0.717, 1.165) is 19.3 Å². The Balaban J connectivity index is 2.08. The zero-order valence-electron chi connectivity index (χ0n) is 10.2. The summed E-state index contributed by atoms with van der Waals surface area (Å²) in [5, 5.41) is 12.0. The predicted octanol–water partition coefficient (Wildman–Crippen LogP) is 0.779. The molecule has 5 heteroatoms. The van der Waals surface area contributed by atoms with Crippen LogP contribution in [0.3, 0.4) is 0 Å². The fourth-order valence-electron chi connectivity index (χ4n) is 2.77. The zero-order valence-corrected chi connectivity index (χ0v) is 10.2. The Morgan fingerprint density at radius 1 is 1.35 bits per heavy atom. The van der Waals surface area contributed by atoms with Gasteiger partial charge in [-0.15, -0.1) is 0 Å². The van der Waals surface area contributed by atoms with Crippen molar-refractivity contribution in [2.75, 3.05) is 0 Å². The Morgan fingerprint density at radius 2 is 1.94 bits per heavy atom. The summed E-state index contributed by atoms with van der Waals surface area (Å²) >= 11 is 0. The van der Waals surface area contributed by atoms with Gasteiger partial charge in [0.25, 0.3) is 0 Å². The number of rotatable bonds is 4. The van der Waals surface area contributed by atoms with Gasteiger partial charge in [0, 0.05) is 6.04 Å². The molecule has 2 rings (SSSR count). The van der Waals surface area contributed by atoms with E-state index in [1.165, 1.54) is 0 Å². The van der Waals surface area contributed by atoms with Crippen LogP contribution in [0.1, 0.15) is 33.1 Å². The van der Waals surface area contributed by atoms with Crippen LogP contribution < -0.4 is 5.32 Å². The van der Waals surface area contributed by atoms with Gasteiger partial charge in [-0.1, -0.05) is 6.92 Å². The normalized spacial score (nSPS) is 36.8. The summed E-state index contributed by atoms with van der Waals surface area (Å²) in [6.45, 7) is 3.90. The van der Waals surface area contributed by atoms with Crippen LogP contribution in [0.4, 0.5) is 0 Å². The Bertz CT molecular complexity index is 330. The van der Waals surface area contributed by atoms with Gasteiger partial charge in [-0.2, -0.15) is 0 Å². The molecule has 0 radical (unpaired) electrons. The molecule has 0 unspecified atom stereocenters. The lowest BCUT2D eigenvalue weighted by Gasteiger charge is -2.25. The molecule has 5 atom stereocenters. The number of carboxylic acids is 1. The van der Waals surface area contributed by atoms with Crippen LogP contribution >= 0.6 is 0 Å². The van der Waals surface area contributed by atoms with Gasteiger partial charge in [-0.25, -0.2) is 0 Å². The van der Waals surface area contributed by atoms with Gasteiger partial charge in [0.05, 0.1) is 24.0 Å². The lowest BCUT2D eigenvalue weighted by Crippen LogP contribution is -2.46. The topological polar surface area (TPSA) is 75.6 Å². The minimum absolute atomic E-state index is 0.0797. The minimum Gasteiger partial charge on any atom is -0.481 e. The van der Waals surface area contributed by atoms with Crippen LogP contribution in [-0.4, -0.2) is 35.2 Å². The monoisotopic (exact) mass is 241 g/mol. The van der Waals surface area contributed by atoms with Crippen LogP contribution in [0.5, 0.6) is 0 Å². The molecule has 5 nitrogen and oxygen atoms in total. The molecule has 0 aromatic carbocycles. The number of aliphatic carboxylic acids is 1. The predicted molar refractivity (Wildman–Crippen MR) is 60.4 cm³/mol. The lowest BCUT2D eigenvalue weighted by molar-refractivity contribution is -0.148. The van der Waals surface area contributed by atoms with Crippen molar-refractivity contribution >= 4 is 11.9 Å². The number of fused-ring (bicyclic) bond motifs is 2. The molecular formula is C12H19NO4. The van der Waals surface area contributed by atoms with E-state index < -0.39 is 17.8 Å². The number of hydrogen-bond acceptors (Lipinski definition) is 3. The lowest BCUT2D eigenvalue weighted by atomic mass is 9.78. The molecule has 2 aliphatic heterocycles. The number of carboxylic acid groups (broad SMARTS) is 1. The van der Waals surface area contributed by atoms with Crippen molar-refractivity contribution in [2.24, 2.45) is 11.8 Å². The molecule has 0 aliphatic carbocycles. The molecule has 0 aromatic heterocycles. The summed E-state index contributed by atoms with van der Waals surface area (Å²) in [7, 11) is 0. The van der Waals surface area contributed by atoms with E-state index in [9.17, 15) is 14.7 Å². The van der Waals surface area contributed by atoms with Crippen LogP contribution in [0.25, 0.3) is 0 Å². The van der Waals surface area contributed by atoms with E-state index >= 15 is 0 Å². The van der Waals surface area contributed by atoms with Crippen molar-refractivity contribution in [2.45, 2.75) is 51.4 Å². The Labute approximate surface area is 101 Å². The summed E-state index contributed by atoms with van der Waals surface area (Å²) < 4.78 is 5.55. The molecule has 2 fully saturated rings. The maximum Gasteiger partial charge on any atom is 0.310 e. The molecule has 96 valence electrons. The van der Waals surface area contributed by atoms with Gasteiger partial charge in [-0.3, -0.25) is 9.59 Å². The highest BCUT2D eigenvalue weighted by Crippen LogP contribution is 2.43. The third-order valence-electron chi connectivity index (χ3n) is 3.86. The number of hydrogen-bond donors (Lipinski definition) is 2. The van der Waals surface area contributed by atoms with E-state index in [1.54, 1.807) is 0 Å². The fourth-order valence-corrected chi connectivity index (χ4v) is 2.77.